The molecule has 2 aromatic carbocycles. The molecular weight excluding hydrogens is 408 g/mol. The van der Waals surface area contributed by atoms with E-state index in [9.17, 15) is 9.59 Å². The number of carbonyl (C=O) groups is 1. The number of esters is 1. The SMILES string of the molecule is C=c1[nH]n(-c2ccccc2)c(=O)/c1=C/c1cc(Cl)c(OCC(=O)OC)c(OCC)c1. The van der Waals surface area contributed by atoms with Gasteiger partial charge in [-0.05, 0) is 42.8 Å². The molecule has 0 spiro atoms. The van der Waals surface area contributed by atoms with Gasteiger partial charge >= 0.3 is 5.97 Å². The summed E-state index contributed by atoms with van der Waals surface area (Å²) in [5, 5.41) is 4.06. The molecule has 1 aromatic heterocycles. The molecule has 0 bridgehead atoms. The molecule has 0 fully saturated rings. The number of H-pyrrole nitrogens is 1. The molecule has 8 heteroatoms. The number of hydrogen-bond donors (Lipinski definition) is 1. The number of carbonyl (C=O) groups excluding carboxylic acids is 1. The maximum atomic E-state index is 12.9. The van der Waals surface area contributed by atoms with Crippen molar-refractivity contribution >= 4 is 30.2 Å². The minimum Gasteiger partial charge on any atom is -0.490 e. The van der Waals surface area contributed by atoms with Crippen LogP contribution in [0.25, 0.3) is 18.3 Å². The third kappa shape index (κ3) is 4.58. The maximum Gasteiger partial charge on any atom is 0.343 e. The van der Waals surface area contributed by atoms with Gasteiger partial charge < -0.3 is 14.2 Å². The molecule has 0 saturated carbocycles. The second-order valence-electron chi connectivity index (χ2n) is 6.25. The Morgan fingerprint density at radius 3 is 2.63 bits per heavy atom. The quantitative estimate of drug-likeness (QED) is 0.582. The second kappa shape index (κ2) is 9.37. The summed E-state index contributed by atoms with van der Waals surface area (Å²) in [6.07, 6.45) is 1.67. The van der Waals surface area contributed by atoms with Crippen molar-refractivity contribution in [1.29, 1.82) is 0 Å². The molecule has 30 heavy (non-hydrogen) atoms. The van der Waals surface area contributed by atoms with E-state index in [1.54, 1.807) is 18.2 Å². The van der Waals surface area contributed by atoms with Gasteiger partial charge in [0, 0.05) is 0 Å². The number of methoxy groups -OCH3 is 1. The van der Waals surface area contributed by atoms with Gasteiger partial charge in [-0.3, -0.25) is 9.89 Å². The first-order valence-corrected chi connectivity index (χ1v) is 9.55. The van der Waals surface area contributed by atoms with Crippen molar-refractivity contribution in [2.45, 2.75) is 6.92 Å². The van der Waals surface area contributed by atoms with Crippen molar-refractivity contribution in [3.05, 3.63) is 74.0 Å². The van der Waals surface area contributed by atoms with Gasteiger partial charge in [-0.2, -0.15) is 0 Å². The summed E-state index contributed by atoms with van der Waals surface area (Å²) >= 11 is 6.36. The number of aromatic nitrogens is 2. The van der Waals surface area contributed by atoms with Crippen LogP contribution in [-0.2, 0) is 9.53 Å². The van der Waals surface area contributed by atoms with Gasteiger partial charge in [0.1, 0.15) is 0 Å². The summed E-state index contributed by atoms with van der Waals surface area (Å²) in [5.41, 5.74) is 1.08. The van der Waals surface area contributed by atoms with E-state index >= 15 is 0 Å². The zero-order valence-corrected chi connectivity index (χ0v) is 17.4. The first-order chi connectivity index (χ1) is 14.4. The van der Waals surface area contributed by atoms with E-state index in [-0.39, 0.29) is 22.9 Å². The first-order valence-electron chi connectivity index (χ1n) is 9.17. The molecule has 3 aromatic rings. The van der Waals surface area contributed by atoms with Crippen molar-refractivity contribution in [3.8, 4) is 17.2 Å². The molecule has 1 heterocycles. The molecule has 0 atom stereocenters. The molecule has 0 unspecified atom stereocenters. The van der Waals surface area contributed by atoms with Crippen LogP contribution in [0.4, 0.5) is 0 Å². The van der Waals surface area contributed by atoms with Gasteiger partial charge in [0.2, 0.25) is 0 Å². The van der Waals surface area contributed by atoms with E-state index < -0.39 is 5.97 Å². The van der Waals surface area contributed by atoms with Crippen molar-refractivity contribution in [1.82, 2.24) is 9.78 Å². The number of ether oxygens (including phenoxy) is 3. The highest BCUT2D eigenvalue weighted by molar-refractivity contribution is 6.32. The fourth-order valence-electron chi connectivity index (χ4n) is 2.83. The molecule has 7 nitrogen and oxygen atoms in total. The highest BCUT2D eigenvalue weighted by Gasteiger charge is 2.14. The fraction of sp³-hybridized carbons (Fsp3) is 0.182. The number of hydrogen-bond acceptors (Lipinski definition) is 5. The van der Waals surface area contributed by atoms with Gasteiger partial charge in [-0.1, -0.05) is 36.4 Å². The van der Waals surface area contributed by atoms with Crippen LogP contribution >= 0.6 is 11.6 Å². The van der Waals surface area contributed by atoms with Gasteiger partial charge in [0.25, 0.3) is 5.56 Å². The maximum absolute atomic E-state index is 12.9. The summed E-state index contributed by atoms with van der Waals surface area (Å²) in [4.78, 5) is 24.3. The number of aromatic amines is 1. The standard InChI is InChI=1S/C22H21ClN2O5/c1-4-29-19-12-15(11-18(23)21(19)30-13-20(26)28-3)10-17-14(2)24-25(22(17)27)16-8-6-5-7-9-16/h5-12,24H,2,4,13H2,1,3H3/b17-10+. The number of halogens is 1. The number of nitrogens with zero attached hydrogens (tertiary/aromatic N) is 1. The summed E-state index contributed by atoms with van der Waals surface area (Å²) in [7, 11) is 1.27. The molecule has 0 radical (unpaired) electrons. The lowest BCUT2D eigenvalue weighted by Crippen LogP contribution is -2.33. The van der Waals surface area contributed by atoms with Crippen LogP contribution in [0, 0.1) is 0 Å². The predicted octanol–water partition coefficient (Wildman–Crippen LogP) is 2.01. The van der Waals surface area contributed by atoms with E-state index in [0.717, 1.165) is 0 Å². The van der Waals surface area contributed by atoms with Crippen molar-refractivity contribution in [3.63, 3.8) is 0 Å². The average Bonchev–Trinajstić information content (AvgIpc) is 3.02. The minimum atomic E-state index is -0.542. The van der Waals surface area contributed by atoms with Crippen molar-refractivity contribution < 1.29 is 19.0 Å². The Kier molecular flexibility index (Phi) is 6.64. The fourth-order valence-corrected chi connectivity index (χ4v) is 3.11. The molecule has 0 aliphatic carbocycles. The van der Waals surface area contributed by atoms with E-state index in [0.29, 0.717) is 34.2 Å². The minimum absolute atomic E-state index is 0.228. The topological polar surface area (TPSA) is 82.6 Å². The lowest BCUT2D eigenvalue weighted by Gasteiger charge is -2.13. The van der Waals surface area contributed by atoms with Crippen LogP contribution in [-0.4, -0.2) is 36.1 Å². The normalized spacial score (nSPS) is 11.4. The highest BCUT2D eigenvalue weighted by atomic mass is 35.5. The van der Waals surface area contributed by atoms with Crippen LogP contribution in [0.15, 0.2) is 47.3 Å². The third-order valence-electron chi connectivity index (χ3n) is 4.22. The van der Waals surface area contributed by atoms with E-state index in [1.807, 2.05) is 37.3 Å². The highest BCUT2D eigenvalue weighted by Crippen LogP contribution is 2.36. The Balaban J connectivity index is 2.06. The van der Waals surface area contributed by atoms with E-state index in [4.69, 9.17) is 21.1 Å². The molecule has 0 aliphatic heterocycles. The molecule has 0 saturated heterocycles. The smallest absolute Gasteiger partial charge is 0.343 e. The van der Waals surface area contributed by atoms with Crippen LogP contribution < -0.4 is 25.6 Å². The predicted molar refractivity (Wildman–Crippen MR) is 115 cm³/mol. The summed E-state index contributed by atoms with van der Waals surface area (Å²) in [5.74, 6) is 0.0380. The Morgan fingerprint density at radius 1 is 1.23 bits per heavy atom. The van der Waals surface area contributed by atoms with Crippen LogP contribution in [0.2, 0.25) is 5.02 Å². The Hall–Kier alpha value is -3.45. The molecule has 0 amide bonds. The monoisotopic (exact) mass is 428 g/mol. The third-order valence-corrected chi connectivity index (χ3v) is 4.51. The van der Waals surface area contributed by atoms with Gasteiger partial charge in [0.05, 0.1) is 35.0 Å². The van der Waals surface area contributed by atoms with Crippen LogP contribution in [0.1, 0.15) is 12.5 Å². The summed E-state index contributed by atoms with van der Waals surface area (Å²) in [6, 6.07) is 12.5. The first kappa shape index (κ1) is 21.3. The lowest BCUT2D eigenvalue weighted by atomic mass is 10.1. The second-order valence-corrected chi connectivity index (χ2v) is 6.66. The van der Waals surface area contributed by atoms with E-state index in [2.05, 4.69) is 16.4 Å². The molecule has 1 N–H and O–H groups in total. The zero-order valence-electron chi connectivity index (χ0n) is 16.6. The summed E-state index contributed by atoms with van der Waals surface area (Å²) in [6.45, 7) is 5.80. The zero-order chi connectivity index (χ0) is 21.7. The summed E-state index contributed by atoms with van der Waals surface area (Å²) < 4.78 is 17.1. The molecular formula is C22H21ClN2O5. The molecule has 156 valence electrons. The van der Waals surface area contributed by atoms with Crippen molar-refractivity contribution in [2.24, 2.45) is 0 Å². The number of nitrogens with one attached hydrogen (secondary N) is 1. The number of rotatable bonds is 7. The van der Waals surface area contributed by atoms with Gasteiger partial charge in [-0.15, -0.1) is 0 Å². The largest absolute Gasteiger partial charge is 0.490 e. The van der Waals surface area contributed by atoms with E-state index in [1.165, 1.54) is 11.8 Å². The Labute approximate surface area is 177 Å². The van der Waals surface area contributed by atoms with Gasteiger partial charge in [-0.25, -0.2) is 9.48 Å². The Bertz CT molecular complexity index is 1210. The molecule has 0 aliphatic rings. The average molecular weight is 429 g/mol. The molecule has 3 rings (SSSR count). The number of para-hydroxylation sites is 1. The van der Waals surface area contributed by atoms with Crippen molar-refractivity contribution in [2.75, 3.05) is 20.3 Å². The van der Waals surface area contributed by atoms with Crippen LogP contribution in [0.3, 0.4) is 0 Å². The lowest BCUT2D eigenvalue weighted by molar-refractivity contribution is -0.142. The van der Waals surface area contributed by atoms with Gasteiger partial charge in [0.15, 0.2) is 18.1 Å². The Morgan fingerprint density at radius 2 is 1.97 bits per heavy atom. The number of benzene rings is 2. The van der Waals surface area contributed by atoms with Crippen LogP contribution in [0.5, 0.6) is 11.5 Å².